The van der Waals surface area contributed by atoms with Crippen molar-refractivity contribution in [2.45, 2.75) is 13.1 Å². The topological polar surface area (TPSA) is 37.8 Å². The van der Waals surface area contributed by atoms with E-state index in [0.717, 1.165) is 11.6 Å². The predicted molar refractivity (Wildman–Crippen MR) is 66.1 cm³/mol. The molecule has 2 aromatic rings. The molecule has 0 radical (unpaired) electrons. The first kappa shape index (κ1) is 14.0. The molecular formula is C11H7Cl2F3N2O. The van der Waals surface area contributed by atoms with Crippen molar-refractivity contribution in [2.75, 3.05) is 0 Å². The molecule has 1 aromatic heterocycles. The Morgan fingerprint density at radius 2 is 1.89 bits per heavy atom. The van der Waals surface area contributed by atoms with Gasteiger partial charge in [0.2, 0.25) is 0 Å². The Labute approximate surface area is 115 Å². The Balaban J connectivity index is 2.68. The molecule has 0 aliphatic rings. The van der Waals surface area contributed by atoms with E-state index < -0.39 is 23.0 Å². The summed E-state index contributed by atoms with van der Waals surface area (Å²) >= 11 is 11.6. The van der Waals surface area contributed by atoms with Gasteiger partial charge in [-0.25, -0.2) is 4.68 Å². The van der Waals surface area contributed by atoms with Crippen LogP contribution in [-0.4, -0.2) is 9.78 Å². The second kappa shape index (κ2) is 4.61. The van der Waals surface area contributed by atoms with Crippen molar-refractivity contribution >= 4 is 23.2 Å². The Morgan fingerprint density at radius 3 is 2.37 bits per heavy atom. The molecule has 3 nitrogen and oxygen atoms in total. The lowest BCUT2D eigenvalue weighted by atomic mass is 10.2. The van der Waals surface area contributed by atoms with Gasteiger partial charge in [-0.2, -0.15) is 13.2 Å². The lowest BCUT2D eigenvalue weighted by molar-refractivity contribution is -0.141. The highest BCUT2D eigenvalue weighted by molar-refractivity contribution is 6.35. The Hall–Kier alpha value is -1.40. The summed E-state index contributed by atoms with van der Waals surface area (Å²) in [5.41, 5.74) is -2.21. The molecule has 0 fully saturated rings. The Morgan fingerprint density at radius 1 is 1.26 bits per heavy atom. The van der Waals surface area contributed by atoms with Crippen LogP contribution in [0, 0.1) is 6.92 Å². The van der Waals surface area contributed by atoms with Gasteiger partial charge >= 0.3 is 6.18 Å². The number of halogens is 5. The zero-order valence-corrected chi connectivity index (χ0v) is 11.0. The third-order valence-electron chi connectivity index (χ3n) is 2.56. The molecule has 1 heterocycles. The van der Waals surface area contributed by atoms with E-state index in [4.69, 9.17) is 23.2 Å². The number of nitrogens with zero attached hydrogens (tertiary/aromatic N) is 1. The van der Waals surface area contributed by atoms with Crippen LogP contribution in [0.5, 0.6) is 0 Å². The summed E-state index contributed by atoms with van der Waals surface area (Å²) in [6.07, 6.45) is -4.63. The van der Waals surface area contributed by atoms with Crippen LogP contribution in [0.1, 0.15) is 11.3 Å². The van der Waals surface area contributed by atoms with Crippen LogP contribution >= 0.6 is 23.2 Å². The van der Waals surface area contributed by atoms with Crippen molar-refractivity contribution in [3.8, 4) is 5.69 Å². The Kier molecular flexibility index (Phi) is 3.40. The SMILES string of the molecule is Cc1c(C(F)(F)F)[nH]n(-c2ccc(Cl)cc2Cl)c1=O. The number of rotatable bonds is 1. The van der Waals surface area contributed by atoms with Crippen LogP contribution in [0.25, 0.3) is 5.69 Å². The molecule has 0 atom stereocenters. The van der Waals surface area contributed by atoms with E-state index in [9.17, 15) is 18.0 Å². The van der Waals surface area contributed by atoms with Gasteiger partial charge in [-0.15, -0.1) is 0 Å². The normalized spacial score (nSPS) is 11.9. The zero-order valence-electron chi connectivity index (χ0n) is 9.48. The molecular weight excluding hydrogens is 304 g/mol. The third kappa shape index (κ3) is 2.50. The third-order valence-corrected chi connectivity index (χ3v) is 3.09. The molecule has 0 spiro atoms. The predicted octanol–water partition coefficient (Wildman–Crippen LogP) is 3.80. The van der Waals surface area contributed by atoms with E-state index in [-0.39, 0.29) is 10.7 Å². The monoisotopic (exact) mass is 310 g/mol. The Bertz CT molecular complexity index is 688. The van der Waals surface area contributed by atoms with Crippen LogP contribution in [0.15, 0.2) is 23.0 Å². The first-order valence-electron chi connectivity index (χ1n) is 5.06. The molecule has 102 valence electrons. The fourth-order valence-corrected chi connectivity index (χ4v) is 2.12. The highest BCUT2D eigenvalue weighted by Crippen LogP contribution is 2.30. The minimum Gasteiger partial charge on any atom is -0.286 e. The van der Waals surface area contributed by atoms with E-state index in [2.05, 4.69) is 0 Å². The van der Waals surface area contributed by atoms with Crippen LogP contribution in [-0.2, 0) is 6.18 Å². The van der Waals surface area contributed by atoms with Gasteiger partial charge in [-0.3, -0.25) is 9.89 Å². The minimum absolute atomic E-state index is 0.0737. The molecule has 0 amide bonds. The zero-order chi connectivity index (χ0) is 14.4. The standard InChI is InChI=1S/C11H7Cl2F3N2O/c1-5-9(11(14,15)16)17-18(10(5)19)8-3-2-6(12)4-7(8)13/h2-4,17H,1H3. The van der Waals surface area contributed by atoms with Crippen molar-refractivity contribution in [2.24, 2.45) is 0 Å². The van der Waals surface area contributed by atoms with E-state index in [1.54, 1.807) is 0 Å². The molecule has 2 rings (SSSR count). The first-order valence-corrected chi connectivity index (χ1v) is 5.81. The smallest absolute Gasteiger partial charge is 0.286 e. The molecule has 0 aliphatic heterocycles. The molecule has 0 saturated heterocycles. The van der Waals surface area contributed by atoms with Gasteiger partial charge < -0.3 is 0 Å². The number of H-pyrrole nitrogens is 1. The van der Waals surface area contributed by atoms with Crippen LogP contribution < -0.4 is 5.56 Å². The number of aromatic amines is 1. The second-order valence-electron chi connectivity index (χ2n) is 3.85. The molecule has 1 N–H and O–H groups in total. The summed E-state index contributed by atoms with van der Waals surface area (Å²) in [6, 6.07) is 4.13. The average Bonchev–Trinajstić information content (AvgIpc) is 2.56. The van der Waals surface area contributed by atoms with Gasteiger partial charge in [0, 0.05) is 10.6 Å². The molecule has 0 bridgehead atoms. The van der Waals surface area contributed by atoms with Crippen molar-refractivity contribution < 1.29 is 13.2 Å². The fourth-order valence-electron chi connectivity index (χ4n) is 1.63. The number of benzene rings is 1. The molecule has 0 unspecified atom stereocenters. The first-order chi connectivity index (χ1) is 8.71. The molecule has 0 saturated carbocycles. The van der Waals surface area contributed by atoms with Gasteiger partial charge in [-0.1, -0.05) is 23.2 Å². The molecule has 19 heavy (non-hydrogen) atoms. The number of nitrogens with one attached hydrogen (secondary N) is 1. The van der Waals surface area contributed by atoms with E-state index >= 15 is 0 Å². The van der Waals surface area contributed by atoms with Gasteiger partial charge in [0.05, 0.1) is 10.7 Å². The summed E-state index contributed by atoms with van der Waals surface area (Å²) in [7, 11) is 0. The van der Waals surface area contributed by atoms with Gasteiger partial charge in [0.25, 0.3) is 5.56 Å². The number of aromatic nitrogens is 2. The van der Waals surface area contributed by atoms with Crippen molar-refractivity contribution in [1.82, 2.24) is 9.78 Å². The summed E-state index contributed by atoms with van der Waals surface area (Å²) in [5, 5.41) is 2.41. The highest BCUT2D eigenvalue weighted by Gasteiger charge is 2.36. The molecule has 1 aromatic carbocycles. The van der Waals surface area contributed by atoms with Crippen molar-refractivity contribution in [1.29, 1.82) is 0 Å². The van der Waals surface area contributed by atoms with Gasteiger partial charge in [-0.05, 0) is 25.1 Å². The number of hydrogen-bond acceptors (Lipinski definition) is 1. The summed E-state index contributed by atoms with van der Waals surface area (Å²) in [6.45, 7) is 1.10. The van der Waals surface area contributed by atoms with Crippen LogP contribution in [0.4, 0.5) is 13.2 Å². The fraction of sp³-hybridized carbons (Fsp3) is 0.182. The quantitative estimate of drug-likeness (QED) is 0.854. The molecule has 0 aliphatic carbocycles. The second-order valence-corrected chi connectivity index (χ2v) is 4.69. The van der Waals surface area contributed by atoms with Crippen molar-refractivity contribution in [3.05, 3.63) is 49.9 Å². The number of alkyl halides is 3. The maximum Gasteiger partial charge on any atom is 0.433 e. The molecule has 8 heteroatoms. The number of hydrogen-bond donors (Lipinski definition) is 1. The van der Waals surface area contributed by atoms with Crippen molar-refractivity contribution in [3.63, 3.8) is 0 Å². The summed E-state index contributed by atoms with van der Waals surface area (Å²) in [4.78, 5) is 11.8. The minimum atomic E-state index is -4.63. The van der Waals surface area contributed by atoms with Crippen LogP contribution in [0.2, 0.25) is 10.0 Å². The maximum atomic E-state index is 12.7. The van der Waals surface area contributed by atoms with Gasteiger partial charge in [0.15, 0.2) is 0 Å². The maximum absolute atomic E-state index is 12.7. The van der Waals surface area contributed by atoms with E-state index in [1.165, 1.54) is 18.2 Å². The van der Waals surface area contributed by atoms with E-state index in [1.807, 2.05) is 5.10 Å². The van der Waals surface area contributed by atoms with E-state index in [0.29, 0.717) is 5.02 Å². The lowest BCUT2D eigenvalue weighted by Gasteiger charge is -2.06. The average molecular weight is 311 g/mol. The largest absolute Gasteiger partial charge is 0.433 e. The summed E-state index contributed by atoms with van der Waals surface area (Å²) in [5.74, 6) is 0. The lowest BCUT2D eigenvalue weighted by Crippen LogP contribution is -2.16. The van der Waals surface area contributed by atoms with Gasteiger partial charge in [0.1, 0.15) is 5.69 Å². The summed E-state index contributed by atoms with van der Waals surface area (Å²) < 4.78 is 38.8. The highest BCUT2D eigenvalue weighted by atomic mass is 35.5. The van der Waals surface area contributed by atoms with Crippen LogP contribution in [0.3, 0.4) is 0 Å².